The number of H-pyrrole nitrogens is 1. The van der Waals surface area contributed by atoms with Crippen molar-refractivity contribution >= 4 is 28.9 Å². The summed E-state index contributed by atoms with van der Waals surface area (Å²) in [4.78, 5) is 28.0. The van der Waals surface area contributed by atoms with Crippen molar-refractivity contribution in [1.29, 1.82) is 0 Å². The average Bonchev–Trinajstić information content (AvgIpc) is 3.26. The first-order valence-electron chi connectivity index (χ1n) is 9.40. The van der Waals surface area contributed by atoms with E-state index in [2.05, 4.69) is 25.8 Å². The van der Waals surface area contributed by atoms with Gasteiger partial charge in [0.1, 0.15) is 11.6 Å². The second-order valence-corrected chi connectivity index (χ2v) is 6.52. The Morgan fingerprint density at radius 1 is 0.879 bits per heavy atom. The third-order valence-electron chi connectivity index (χ3n) is 4.09. The van der Waals surface area contributed by atoms with Gasteiger partial charge in [-0.2, -0.15) is 5.10 Å². The molecule has 0 spiro atoms. The summed E-state index contributed by atoms with van der Waals surface area (Å²) in [5.41, 5.74) is 6.56. The first kappa shape index (κ1) is 22.9. The topological polar surface area (TPSA) is 146 Å². The van der Waals surface area contributed by atoms with E-state index in [4.69, 9.17) is 10.8 Å². The number of rotatable bonds is 4. The van der Waals surface area contributed by atoms with Gasteiger partial charge >= 0.3 is 0 Å². The molecule has 4 aromatic rings. The molecule has 2 aromatic heterocycles. The lowest BCUT2D eigenvalue weighted by Gasteiger charge is -2.06. The number of hydrogen-bond acceptors (Lipinski definition) is 6. The Bertz CT molecular complexity index is 1210. The molecule has 0 atom stereocenters. The van der Waals surface area contributed by atoms with Crippen LogP contribution in [0.1, 0.15) is 20.8 Å². The maximum Gasteiger partial charge on any atom is 0.278 e. The molecular formula is C22H18F2N6O3. The number of nitrogens with zero attached hydrogens (tertiary/aromatic N) is 2. The Kier molecular flexibility index (Phi) is 7.27. The van der Waals surface area contributed by atoms with Crippen LogP contribution in [0.5, 0.6) is 5.88 Å². The predicted octanol–water partition coefficient (Wildman–Crippen LogP) is 3.56. The number of halogens is 2. The number of nitrogen functional groups attached to an aromatic ring is 1. The Balaban J connectivity index is 0.000000323. The number of carbonyl (C=O) groups excluding carboxylic acids is 2. The largest absolute Gasteiger partial charge is 0.493 e. The van der Waals surface area contributed by atoms with Crippen molar-refractivity contribution in [3.05, 3.63) is 95.9 Å². The molecule has 0 aliphatic heterocycles. The van der Waals surface area contributed by atoms with Gasteiger partial charge in [-0.3, -0.25) is 14.7 Å². The van der Waals surface area contributed by atoms with Crippen molar-refractivity contribution in [2.45, 2.75) is 0 Å². The third-order valence-corrected chi connectivity index (χ3v) is 4.09. The van der Waals surface area contributed by atoms with Gasteiger partial charge in [-0.05, 0) is 54.6 Å². The van der Waals surface area contributed by atoms with Crippen molar-refractivity contribution < 1.29 is 23.5 Å². The van der Waals surface area contributed by atoms with E-state index in [1.165, 1.54) is 73.1 Å². The van der Waals surface area contributed by atoms with Crippen LogP contribution < -0.4 is 16.4 Å². The fourth-order valence-electron chi connectivity index (χ4n) is 2.46. The second-order valence-electron chi connectivity index (χ2n) is 6.52. The molecule has 0 aliphatic rings. The maximum absolute atomic E-state index is 12.9. The van der Waals surface area contributed by atoms with Gasteiger partial charge in [-0.25, -0.2) is 13.8 Å². The highest BCUT2D eigenvalue weighted by atomic mass is 19.1. The van der Waals surface area contributed by atoms with E-state index < -0.39 is 17.6 Å². The molecule has 2 heterocycles. The smallest absolute Gasteiger partial charge is 0.278 e. The number of carbonyl (C=O) groups is 2. The number of aromatic nitrogens is 3. The number of benzene rings is 2. The Labute approximate surface area is 186 Å². The van der Waals surface area contributed by atoms with E-state index in [1.807, 2.05) is 0 Å². The van der Waals surface area contributed by atoms with Crippen molar-refractivity contribution in [3.8, 4) is 5.88 Å². The van der Waals surface area contributed by atoms with Gasteiger partial charge in [-0.1, -0.05) is 0 Å². The number of aromatic amines is 1. The molecule has 0 saturated carbocycles. The van der Waals surface area contributed by atoms with E-state index >= 15 is 0 Å². The summed E-state index contributed by atoms with van der Waals surface area (Å²) in [6.07, 6.45) is 2.55. The van der Waals surface area contributed by atoms with Gasteiger partial charge < -0.3 is 21.5 Å². The van der Waals surface area contributed by atoms with Gasteiger partial charge in [0, 0.05) is 29.8 Å². The first-order valence-corrected chi connectivity index (χ1v) is 9.40. The van der Waals surface area contributed by atoms with Gasteiger partial charge in [0.05, 0.1) is 11.3 Å². The number of hydrogen-bond donors (Lipinski definition) is 5. The summed E-state index contributed by atoms with van der Waals surface area (Å²) >= 11 is 0. The SMILES string of the molecule is Nc1ccc(F)cc1.O=C(Nc1c[nH]nc1C(=O)Nc1ccc(F)cc1)c1ccc(O)nc1. The molecule has 0 saturated heterocycles. The highest BCUT2D eigenvalue weighted by Crippen LogP contribution is 2.16. The van der Waals surface area contributed by atoms with Crippen LogP contribution in [0, 0.1) is 11.6 Å². The van der Waals surface area contributed by atoms with E-state index in [0.717, 1.165) is 0 Å². The molecule has 0 radical (unpaired) electrons. The third kappa shape index (κ3) is 6.59. The Hall–Kier alpha value is -4.80. The van der Waals surface area contributed by atoms with Crippen LogP contribution in [0.3, 0.4) is 0 Å². The fourth-order valence-corrected chi connectivity index (χ4v) is 2.46. The van der Waals surface area contributed by atoms with Crippen molar-refractivity contribution in [1.82, 2.24) is 15.2 Å². The first-order chi connectivity index (χ1) is 15.8. The molecule has 0 aliphatic carbocycles. The van der Waals surface area contributed by atoms with Crippen LogP contribution in [0.15, 0.2) is 73.1 Å². The van der Waals surface area contributed by atoms with Crippen molar-refractivity contribution in [2.24, 2.45) is 0 Å². The Morgan fingerprint density at radius 2 is 1.52 bits per heavy atom. The zero-order valence-corrected chi connectivity index (χ0v) is 16.9. The quantitative estimate of drug-likeness (QED) is 0.299. The normalized spacial score (nSPS) is 10.0. The minimum atomic E-state index is -0.577. The highest BCUT2D eigenvalue weighted by molar-refractivity contribution is 6.11. The van der Waals surface area contributed by atoms with E-state index in [9.17, 15) is 18.4 Å². The molecule has 2 amide bonds. The summed E-state index contributed by atoms with van der Waals surface area (Å²) in [5.74, 6) is -1.98. The molecule has 6 N–H and O–H groups in total. The van der Waals surface area contributed by atoms with Gasteiger partial charge in [-0.15, -0.1) is 0 Å². The lowest BCUT2D eigenvalue weighted by atomic mass is 10.2. The van der Waals surface area contributed by atoms with Gasteiger partial charge in [0.25, 0.3) is 11.8 Å². The summed E-state index contributed by atoms with van der Waals surface area (Å²) < 4.78 is 24.9. The molecule has 11 heteroatoms. The standard InChI is InChI=1S/C16H12FN5O3.C6H6FN/c17-10-2-4-11(5-3-10)20-16(25)14-12(8-19-22-14)21-15(24)9-1-6-13(23)18-7-9;7-5-1-3-6(8)4-2-5/h1-8H,(H,18,23)(H,19,22)(H,20,25)(H,21,24);1-4H,8H2. The highest BCUT2D eigenvalue weighted by Gasteiger charge is 2.18. The van der Waals surface area contributed by atoms with Crippen LogP contribution >= 0.6 is 0 Å². The number of nitrogens with one attached hydrogen (secondary N) is 3. The molecule has 0 unspecified atom stereocenters. The minimum Gasteiger partial charge on any atom is -0.493 e. The monoisotopic (exact) mass is 452 g/mol. The predicted molar refractivity (Wildman–Crippen MR) is 118 cm³/mol. The van der Waals surface area contributed by atoms with Crippen LogP contribution in [-0.4, -0.2) is 32.1 Å². The van der Waals surface area contributed by atoms with Gasteiger partial charge in [0.15, 0.2) is 5.69 Å². The second kappa shape index (κ2) is 10.5. The van der Waals surface area contributed by atoms with Crippen LogP contribution in [0.2, 0.25) is 0 Å². The molecule has 2 aromatic carbocycles. The van der Waals surface area contributed by atoms with Crippen LogP contribution in [0.4, 0.5) is 25.8 Å². The number of amides is 2. The zero-order valence-electron chi connectivity index (χ0n) is 16.9. The fraction of sp³-hybridized carbons (Fsp3) is 0. The molecule has 9 nitrogen and oxygen atoms in total. The van der Waals surface area contributed by atoms with Crippen LogP contribution in [0.25, 0.3) is 0 Å². The molecule has 33 heavy (non-hydrogen) atoms. The summed E-state index contributed by atoms with van der Waals surface area (Å²) in [5, 5.41) is 20.5. The maximum atomic E-state index is 12.9. The summed E-state index contributed by atoms with van der Waals surface area (Å²) in [7, 11) is 0. The lowest BCUT2D eigenvalue weighted by Crippen LogP contribution is -2.18. The number of nitrogens with two attached hydrogens (primary N) is 1. The van der Waals surface area contributed by atoms with E-state index in [-0.39, 0.29) is 28.6 Å². The van der Waals surface area contributed by atoms with E-state index in [0.29, 0.717) is 11.4 Å². The van der Waals surface area contributed by atoms with Crippen molar-refractivity contribution in [3.63, 3.8) is 0 Å². The number of pyridine rings is 1. The zero-order chi connectivity index (χ0) is 23.8. The average molecular weight is 452 g/mol. The molecule has 168 valence electrons. The molecule has 0 fully saturated rings. The van der Waals surface area contributed by atoms with Gasteiger partial charge in [0.2, 0.25) is 5.88 Å². The number of aromatic hydroxyl groups is 1. The Morgan fingerprint density at radius 3 is 2.09 bits per heavy atom. The van der Waals surface area contributed by atoms with E-state index in [1.54, 1.807) is 0 Å². The molecular weight excluding hydrogens is 434 g/mol. The minimum absolute atomic E-state index is 0.0376. The number of anilines is 3. The van der Waals surface area contributed by atoms with Crippen molar-refractivity contribution in [2.75, 3.05) is 16.4 Å². The van der Waals surface area contributed by atoms with Crippen LogP contribution in [-0.2, 0) is 0 Å². The summed E-state index contributed by atoms with van der Waals surface area (Å²) in [6, 6.07) is 13.6. The summed E-state index contributed by atoms with van der Waals surface area (Å²) in [6.45, 7) is 0. The lowest BCUT2D eigenvalue weighted by molar-refractivity contribution is 0.102. The molecule has 4 rings (SSSR count). The molecule has 0 bridgehead atoms.